The van der Waals surface area contributed by atoms with Crippen molar-refractivity contribution < 1.29 is 14.7 Å². The standard InChI is InChI=1S/C9H19NO3/c1-8(11)10(12)5-6-13-7-9(2,3)4/h12H,5-7H2,1-4H3. The molecule has 1 N–H and O–H groups in total. The number of hydrogen-bond donors (Lipinski definition) is 1. The van der Waals surface area contributed by atoms with Gasteiger partial charge in [-0.2, -0.15) is 0 Å². The first-order valence-electron chi connectivity index (χ1n) is 4.37. The van der Waals surface area contributed by atoms with Gasteiger partial charge in [-0.1, -0.05) is 20.8 Å². The number of rotatable bonds is 4. The van der Waals surface area contributed by atoms with Crippen LogP contribution in [0, 0.1) is 5.41 Å². The second-order valence-electron chi connectivity index (χ2n) is 4.26. The molecule has 78 valence electrons. The zero-order valence-electron chi connectivity index (χ0n) is 8.83. The van der Waals surface area contributed by atoms with Gasteiger partial charge < -0.3 is 4.74 Å². The maximum absolute atomic E-state index is 10.6. The van der Waals surface area contributed by atoms with Crippen LogP contribution in [0.3, 0.4) is 0 Å². The molecule has 0 fully saturated rings. The fourth-order valence-corrected chi connectivity index (χ4v) is 0.687. The van der Waals surface area contributed by atoms with E-state index < -0.39 is 0 Å². The molecule has 0 rings (SSSR count). The minimum absolute atomic E-state index is 0.122. The van der Waals surface area contributed by atoms with Crippen molar-refractivity contribution in [2.75, 3.05) is 19.8 Å². The van der Waals surface area contributed by atoms with Crippen LogP contribution in [-0.4, -0.2) is 35.9 Å². The topological polar surface area (TPSA) is 49.8 Å². The van der Waals surface area contributed by atoms with Crippen molar-refractivity contribution in [1.29, 1.82) is 0 Å². The van der Waals surface area contributed by atoms with Gasteiger partial charge in [0.25, 0.3) is 0 Å². The van der Waals surface area contributed by atoms with Crippen molar-refractivity contribution in [2.24, 2.45) is 5.41 Å². The molecule has 1 amide bonds. The zero-order chi connectivity index (χ0) is 10.5. The van der Waals surface area contributed by atoms with Gasteiger partial charge in [-0.3, -0.25) is 10.0 Å². The van der Waals surface area contributed by atoms with E-state index in [1.807, 2.05) is 0 Å². The highest BCUT2D eigenvalue weighted by Gasteiger charge is 2.10. The molecule has 13 heavy (non-hydrogen) atoms. The van der Waals surface area contributed by atoms with Gasteiger partial charge in [-0.05, 0) is 5.41 Å². The quantitative estimate of drug-likeness (QED) is 0.412. The number of carbonyl (C=O) groups is 1. The van der Waals surface area contributed by atoms with Crippen molar-refractivity contribution in [3.8, 4) is 0 Å². The predicted molar refractivity (Wildman–Crippen MR) is 49.4 cm³/mol. The largest absolute Gasteiger partial charge is 0.379 e. The van der Waals surface area contributed by atoms with E-state index in [9.17, 15) is 4.79 Å². The summed E-state index contributed by atoms with van der Waals surface area (Å²) in [4.78, 5) is 10.6. The van der Waals surface area contributed by atoms with E-state index in [0.717, 1.165) is 0 Å². The molecule has 0 saturated carbocycles. The summed E-state index contributed by atoms with van der Waals surface area (Å²) in [7, 11) is 0. The van der Waals surface area contributed by atoms with Crippen molar-refractivity contribution in [1.82, 2.24) is 5.06 Å². The Morgan fingerprint density at radius 2 is 2.00 bits per heavy atom. The molecule has 0 spiro atoms. The van der Waals surface area contributed by atoms with Gasteiger partial charge >= 0.3 is 0 Å². The van der Waals surface area contributed by atoms with Gasteiger partial charge in [0.05, 0.1) is 19.8 Å². The van der Waals surface area contributed by atoms with Gasteiger partial charge in [-0.25, -0.2) is 5.06 Å². The third-order valence-corrected chi connectivity index (χ3v) is 1.35. The van der Waals surface area contributed by atoms with Crippen LogP contribution < -0.4 is 0 Å². The molecule has 0 bridgehead atoms. The van der Waals surface area contributed by atoms with Crippen LogP contribution in [0.1, 0.15) is 27.7 Å². The maximum Gasteiger partial charge on any atom is 0.242 e. The summed E-state index contributed by atoms with van der Waals surface area (Å²) >= 11 is 0. The molecule has 0 aliphatic rings. The van der Waals surface area contributed by atoms with Gasteiger partial charge in [0.2, 0.25) is 5.91 Å². The number of nitrogens with zero attached hydrogens (tertiary/aromatic N) is 1. The van der Waals surface area contributed by atoms with Crippen LogP contribution in [0.5, 0.6) is 0 Å². The molecule has 0 radical (unpaired) electrons. The highest BCUT2D eigenvalue weighted by molar-refractivity contribution is 5.71. The fourth-order valence-electron chi connectivity index (χ4n) is 0.687. The molecule has 0 aliphatic heterocycles. The van der Waals surface area contributed by atoms with Gasteiger partial charge in [0, 0.05) is 6.92 Å². The van der Waals surface area contributed by atoms with E-state index in [4.69, 9.17) is 9.94 Å². The van der Waals surface area contributed by atoms with Crippen molar-refractivity contribution in [3.05, 3.63) is 0 Å². The second kappa shape index (κ2) is 5.19. The summed E-state index contributed by atoms with van der Waals surface area (Å²) < 4.78 is 5.26. The third kappa shape index (κ3) is 7.74. The maximum atomic E-state index is 10.6. The van der Waals surface area contributed by atoms with Crippen molar-refractivity contribution in [2.45, 2.75) is 27.7 Å². The molecule has 0 saturated heterocycles. The van der Waals surface area contributed by atoms with Crippen LogP contribution in [0.25, 0.3) is 0 Å². The summed E-state index contributed by atoms with van der Waals surface area (Å²) in [6.45, 7) is 8.72. The number of ether oxygens (including phenoxy) is 1. The molecule has 0 aromatic carbocycles. The third-order valence-electron chi connectivity index (χ3n) is 1.35. The van der Waals surface area contributed by atoms with Crippen LogP contribution >= 0.6 is 0 Å². The number of amides is 1. The number of hydroxylamine groups is 2. The molecule has 4 heteroatoms. The van der Waals surface area contributed by atoms with Gasteiger partial charge in [0.1, 0.15) is 0 Å². The summed E-state index contributed by atoms with van der Waals surface area (Å²) in [6.07, 6.45) is 0. The molecular weight excluding hydrogens is 170 g/mol. The summed E-state index contributed by atoms with van der Waals surface area (Å²) in [5.74, 6) is -0.362. The van der Waals surface area contributed by atoms with Crippen molar-refractivity contribution >= 4 is 5.91 Å². The smallest absolute Gasteiger partial charge is 0.242 e. The molecule has 0 atom stereocenters. The Kier molecular flexibility index (Phi) is 4.95. The Balaban J connectivity index is 3.41. The second-order valence-corrected chi connectivity index (χ2v) is 4.26. The number of carbonyl (C=O) groups excluding carboxylic acids is 1. The van der Waals surface area contributed by atoms with Gasteiger partial charge in [-0.15, -0.1) is 0 Å². The molecule has 4 nitrogen and oxygen atoms in total. The van der Waals surface area contributed by atoms with Crippen LogP contribution in [0.2, 0.25) is 0 Å². The zero-order valence-corrected chi connectivity index (χ0v) is 8.83. The molecular formula is C9H19NO3. The lowest BCUT2D eigenvalue weighted by molar-refractivity contribution is -0.165. The van der Waals surface area contributed by atoms with E-state index in [2.05, 4.69) is 20.8 Å². The lowest BCUT2D eigenvalue weighted by Crippen LogP contribution is -2.29. The van der Waals surface area contributed by atoms with E-state index in [1.54, 1.807) is 0 Å². The minimum Gasteiger partial charge on any atom is -0.379 e. The SMILES string of the molecule is CC(=O)N(O)CCOCC(C)(C)C. The highest BCUT2D eigenvalue weighted by Crippen LogP contribution is 2.12. The van der Waals surface area contributed by atoms with Crippen molar-refractivity contribution in [3.63, 3.8) is 0 Å². The molecule has 0 aromatic heterocycles. The van der Waals surface area contributed by atoms with Gasteiger partial charge in [0.15, 0.2) is 0 Å². The summed E-state index contributed by atoms with van der Waals surface area (Å²) in [5.41, 5.74) is 0.122. The monoisotopic (exact) mass is 189 g/mol. The van der Waals surface area contributed by atoms with Crippen LogP contribution in [-0.2, 0) is 9.53 Å². The van der Waals surface area contributed by atoms with E-state index in [1.165, 1.54) is 6.92 Å². The van der Waals surface area contributed by atoms with E-state index >= 15 is 0 Å². The average molecular weight is 189 g/mol. The summed E-state index contributed by atoms with van der Waals surface area (Å²) in [6, 6.07) is 0. The average Bonchev–Trinajstić information content (AvgIpc) is 1.95. The first-order valence-corrected chi connectivity index (χ1v) is 4.37. The Morgan fingerprint density at radius 3 is 2.38 bits per heavy atom. The summed E-state index contributed by atoms with van der Waals surface area (Å²) in [5, 5.41) is 9.62. The predicted octanol–water partition coefficient (Wildman–Crippen LogP) is 1.29. The van der Waals surface area contributed by atoms with E-state index in [0.29, 0.717) is 18.3 Å². The normalized spacial score (nSPS) is 11.5. The Labute approximate surface area is 79.4 Å². The Bertz CT molecular complexity index is 163. The lowest BCUT2D eigenvalue weighted by Gasteiger charge is -2.19. The minimum atomic E-state index is -0.362. The highest BCUT2D eigenvalue weighted by atomic mass is 16.5. The first kappa shape index (κ1) is 12.4. The molecule has 0 unspecified atom stereocenters. The first-order chi connectivity index (χ1) is 5.83. The fraction of sp³-hybridized carbons (Fsp3) is 0.889. The van der Waals surface area contributed by atoms with E-state index in [-0.39, 0.29) is 17.9 Å². The Morgan fingerprint density at radius 1 is 1.46 bits per heavy atom. The lowest BCUT2D eigenvalue weighted by atomic mass is 9.99. The van der Waals surface area contributed by atoms with Crippen LogP contribution in [0.15, 0.2) is 0 Å². The molecule has 0 aromatic rings. The molecule has 0 heterocycles. The number of hydrogen-bond acceptors (Lipinski definition) is 3. The Hall–Kier alpha value is -0.610. The van der Waals surface area contributed by atoms with Crippen LogP contribution in [0.4, 0.5) is 0 Å². The molecule has 0 aliphatic carbocycles.